The van der Waals surface area contributed by atoms with E-state index in [1.807, 2.05) is 13.0 Å². The SMILES string of the molecule is CC(NC(O)N1C(=O)[C@H](CC23C=CN=C(N)C2C3)C1C(=O)O)C1CCCCC1. The Morgan fingerprint density at radius 3 is 2.82 bits per heavy atom. The number of aliphatic hydroxyl groups excluding tert-OH is 1. The highest BCUT2D eigenvalue weighted by atomic mass is 16.4. The molecule has 2 aliphatic heterocycles. The minimum atomic E-state index is -1.28. The molecule has 5 unspecified atom stereocenters. The number of carboxylic acid groups (broad SMARTS) is 1. The van der Waals surface area contributed by atoms with E-state index < -0.39 is 24.3 Å². The van der Waals surface area contributed by atoms with E-state index in [4.69, 9.17) is 5.73 Å². The van der Waals surface area contributed by atoms with E-state index in [1.165, 1.54) is 19.3 Å². The molecule has 2 aliphatic carbocycles. The van der Waals surface area contributed by atoms with Gasteiger partial charge in [0.25, 0.3) is 0 Å². The van der Waals surface area contributed by atoms with Gasteiger partial charge in [0.2, 0.25) is 5.91 Å². The van der Waals surface area contributed by atoms with Crippen molar-refractivity contribution in [1.29, 1.82) is 0 Å². The zero-order valence-electron chi connectivity index (χ0n) is 16.3. The van der Waals surface area contributed by atoms with Crippen LogP contribution in [0.25, 0.3) is 0 Å². The van der Waals surface area contributed by atoms with Crippen molar-refractivity contribution < 1.29 is 19.8 Å². The summed E-state index contributed by atoms with van der Waals surface area (Å²) < 4.78 is 0. The summed E-state index contributed by atoms with van der Waals surface area (Å²) in [6, 6.07) is -0.988. The van der Waals surface area contributed by atoms with Gasteiger partial charge >= 0.3 is 5.97 Å². The summed E-state index contributed by atoms with van der Waals surface area (Å²) in [5, 5.41) is 23.3. The number of nitrogens with one attached hydrogen (secondary N) is 1. The zero-order valence-corrected chi connectivity index (χ0v) is 16.3. The highest BCUT2D eigenvalue weighted by Crippen LogP contribution is 2.60. The first-order chi connectivity index (χ1) is 13.3. The predicted octanol–water partition coefficient (Wildman–Crippen LogP) is 1.01. The van der Waals surface area contributed by atoms with E-state index in [2.05, 4.69) is 10.3 Å². The smallest absolute Gasteiger partial charge is 0.327 e. The van der Waals surface area contributed by atoms with Crippen LogP contribution in [0.3, 0.4) is 0 Å². The number of amidine groups is 1. The second-order valence-corrected chi connectivity index (χ2v) is 8.93. The molecular formula is C20H30N4O4. The van der Waals surface area contributed by atoms with Gasteiger partial charge in [0.1, 0.15) is 11.9 Å². The Morgan fingerprint density at radius 1 is 1.43 bits per heavy atom. The minimum Gasteiger partial charge on any atom is -0.480 e. The zero-order chi connectivity index (χ0) is 20.1. The Balaban J connectivity index is 1.40. The van der Waals surface area contributed by atoms with Crippen molar-refractivity contribution >= 4 is 17.7 Å². The third-order valence-corrected chi connectivity index (χ3v) is 7.24. The molecule has 0 aromatic rings. The Bertz CT molecular complexity index is 717. The largest absolute Gasteiger partial charge is 0.480 e. The van der Waals surface area contributed by atoms with Crippen molar-refractivity contribution in [3.63, 3.8) is 0 Å². The number of hydrogen-bond acceptors (Lipinski definition) is 6. The van der Waals surface area contributed by atoms with Crippen molar-refractivity contribution in [3.8, 4) is 0 Å². The Labute approximate surface area is 164 Å². The van der Waals surface area contributed by atoms with E-state index in [0.29, 0.717) is 18.2 Å². The summed E-state index contributed by atoms with van der Waals surface area (Å²) in [7, 11) is 0. The van der Waals surface area contributed by atoms with Crippen LogP contribution in [0.2, 0.25) is 0 Å². The predicted molar refractivity (Wildman–Crippen MR) is 103 cm³/mol. The van der Waals surface area contributed by atoms with Crippen LogP contribution in [0.5, 0.6) is 0 Å². The van der Waals surface area contributed by atoms with Gasteiger partial charge < -0.3 is 15.9 Å². The van der Waals surface area contributed by atoms with Crippen LogP contribution in [-0.2, 0) is 9.59 Å². The number of rotatable bonds is 7. The Morgan fingerprint density at radius 2 is 2.14 bits per heavy atom. The first-order valence-electron chi connectivity index (χ1n) is 10.3. The molecule has 6 atom stereocenters. The molecule has 1 saturated heterocycles. The number of carbonyl (C=O) groups excluding carboxylic acids is 1. The molecule has 0 aromatic heterocycles. The van der Waals surface area contributed by atoms with E-state index in [0.717, 1.165) is 24.2 Å². The number of hydrogen-bond donors (Lipinski definition) is 4. The van der Waals surface area contributed by atoms with Gasteiger partial charge in [-0.05, 0) is 38.5 Å². The molecule has 2 heterocycles. The normalized spacial score (nSPS) is 36.9. The number of allylic oxidation sites excluding steroid dienone is 1. The average Bonchev–Trinajstić information content (AvgIpc) is 3.40. The standard InChI is InChI=1S/C20H30N4O4/c1-11(12-5-3-2-4-6-12)23-19(28)24-15(18(26)27)13(17(24)25)9-20-7-8-22-16(21)14(20)10-20/h7-8,11-15,19,23,28H,2-6,9-10H2,1H3,(H2,21,22)(H,26,27)/t11?,13-,14?,15?,19?,20?/m1/s1. The highest BCUT2D eigenvalue weighted by molar-refractivity contribution is 5.97. The Kier molecular flexibility index (Phi) is 4.95. The number of nitrogens with zero attached hydrogens (tertiary/aromatic N) is 2. The lowest BCUT2D eigenvalue weighted by Crippen LogP contribution is -2.71. The summed E-state index contributed by atoms with van der Waals surface area (Å²) in [6.45, 7) is 2.00. The summed E-state index contributed by atoms with van der Waals surface area (Å²) in [4.78, 5) is 29.8. The fourth-order valence-electron chi connectivity index (χ4n) is 5.39. The summed E-state index contributed by atoms with van der Waals surface area (Å²) in [6.07, 6.45) is 9.35. The van der Waals surface area contributed by atoms with Crippen molar-refractivity contribution in [2.24, 2.45) is 33.9 Å². The molecule has 0 radical (unpaired) electrons. The molecule has 4 aliphatic rings. The number of aliphatic carboxylic acids is 1. The fourth-order valence-corrected chi connectivity index (χ4v) is 5.39. The minimum absolute atomic E-state index is 0.0280. The number of amides is 1. The topological polar surface area (TPSA) is 128 Å². The fraction of sp³-hybridized carbons (Fsp3) is 0.750. The van der Waals surface area contributed by atoms with Gasteiger partial charge in [-0.15, -0.1) is 0 Å². The number of carbonyl (C=O) groups is 2. The number of aliphatic imine (C=N–C) groups is 1. The number of likely N-dealkylation sites (tertiary alicyclic amines) is 1. The number of β-lactam (4-membered cyclic amide) rings is 1. The second kappa shape index (κ2) is 7.15. The first-order valence-corrected chi connectivity index (χ1v) is 10.3. The lowest BCUT2D eigenvalue weighted by atomic mass is 9.77. The van der Waals surface area contributed by atoms with Crippen molar-refractivity contribution in [1.82, 2.24) is 10.2 Å². The maximum Gasteiger partial charge on any atom is 0.327 e. The third kappa shape index (κ3) is 3.22. The summed E-state index contributed by atoms with van der Waals surface area (Å²) >= 11 is 0. The summed E-state index contributed by atoms with van der Waals surface area (Å²) in [5.41, 5.74) is 5.66. The van der Waals surface area contributed by atoms with E-state index >= 15 is 0 Å². The van der Waals surface area contributed by atoms with Gasteiger partial charge in [0, 0.05) is 23.6 Å². The van der Waals surface area contributed by atoms with E-state index in [-0.39, 0.29) is 23.3 Å². The molecule has 0 aromatic carbocycles. The van der Waals surface area contributed by atoms with Crippen molar-refractivity contribution in [3.05, 3.63) is 12.3 Å². The lowest BCUT2D eigenvalue weighted by Gasteiger charge is -2.48. The van der Waals surface area contributed by atoms with Gasteiger partial charge in [0.05, 0.1) is 5.92 Å². The maximum atomic E-state index is 12.8. The quantitative estimate of drug-likeness (QED) is 0.379. The number of carboxylic acids is 1. The van der Waals surface area contributed by atoms with Crippen LogP contribution < -0.4 is 11.1 Å². The molecule has 1 amide bonds. The highest BCUT2D eigenvalue weighted by Gasteiger charge is 2.63. The van der Waals surface area contributed by atoms with E-state index in [9.17, 15) is 19.8 Å². The van der Waals surface area contributed by atoms with Gasteiger partial charge in [-0.25, -0.2) is 9.79 Å². The monoisotopic (exact) mass is 390 g/mol. The average molecular weight is 390 g/mol. The molecule has 3 fully saturated rings. The van der Waals surface area contributed by atoms with Crippen molar-refractivity contribution in [2.75, 3.05) is 0 Å². The number of fused-ring (bicyclic) bond motifs is 1. The molecule has 2 saturated carbocycles. The Hall–Kier alpha value is -1.93. The molecule has 28 heavy (non-hydrogen) atoms. The van der Waals surface area contributed by atoms with Gasteiger partial charge in [-0.3, -0.25) is 15.0 Å². The summed E-state index contributed by atoms with van der Waals surface area (Å²) in [5.74, 6) is -0.924. The van der Waals surface area contributed by atoms with E-state index in [1.54, 1.807) is 6.20 Å². The van der Waals surface area contributed by atoms with Crippen LogP contribution in [0, 0.1) is 23.2 Å². The molecule has 8 heteroatoms. The van der Waals surface area contributed by atoms with Crippen LogP contribution >= 0.6 is 0 Å². The van der Waals surface area contributed by atoms with Crippen LogP contribution in [0.15, 0.2) is 17.3 Å². The number of aliphatic hydroxyl groups is 1. The van der Waals surface area contributed by atoms with Gasteiger partial charge in [-0.1, -0.05) is 25.3 Å². The van der Waals surface area contributed by atoms with Crippen molar-refractivity contribution in [2.45, 2.75) is 70.3 Å². The second-order valence-electron chi connectivity index (χ2n) is 8.93. The lowest BCUT2D eigenvalue weighted by molar-refractivity contribution is -0.192. The molecule has 0 spiro atoms. The molecular weight excluding hydrogens is 360 g/mol. The maximum absolute atomic E-state index is 12.8. The van der Waals surface area contributed by atoms with Crippen LogP contribution in [0.1, 0.15) is 51.9 Å². The molecule has 0 bridgehead atoms. The molecule has 4 rings (SSSR count). The van der Waals surface area contributed by atoms with Crippen LogP contribution in [0.4, 0.5) is 0 Å². The third-order valence-electron chi connectivity index (χ3n) is 7.24. The molecule has 5 N–H and O–H groups in total. The van der Waals surface area contributed by atoms with Crippen LogP contribution in [-0.4, -0.2) is 51.3 Å². The number of nitrogens with two attached hydrogens (primary N) is 1. The molecule has 8 nitrogen and oxygen atoms in total. The molecule has 154 valence electrons. The first kappa shape index (κ1) is 19.4. The van der Waals surface area contributed by atoms with Gasteiger partial charge in [0.15, 0.2) is 6.35 Å². The van der Waals surface area contributed by atoms with Gasteiger partial charge in [-0.2, -0.15) is 0 Å².